The van der Waals surface area contributed by atoms with E-state index in [1.54, 1.807) is 0 Å². The zero-order valence-corrected chi connectivity index (χ0v) is 13.6. The van der Waals surface area contributed by atoms with Gasteiger partial charge in [0.1, 0.15) is 0 Å². The lowest BCUT2D eigenvalue weighted by Gasteiger charge is -2.20. The second kappa shape index (κ2) is 7.30. The summed E-state index contributed by atoms with van der Waals surface area (Å²) in [6, 6.07) is 19.2. The first kappa shape index (κ1) is 16.2. The zero-order chi connectivity index (χ0) is 16.9. The average molecular weight is 323 g/mol. The molecule has 24 heavy (non-hydrogen) atoms. The molecule has 4 heteroatoms. The van der Waals surface area contributed by atoms with Crippen molar-refractivity contribution in [2.45, 2.75) is 19.4 Å². The predicted octanol–water partition coefficient (Wildman–Crippen LogP) is 3.09. The van der Waals surface area contributed by atoms with E-state index in [4.69, 9.17) is 4.74 Å². The molecule has 0 saturated heterocycles. The van der Waals surface area contributed by atoms with E-state index in [1.807, 2.05) is 67.6 Å². The van der Waals surface area contributed by atoms with Crippen molar-refractivity contribution in [3.05, 3.63) is 71.8 Å². The number of hydrogen-bond donors (Lipinski definition) is 1. The van der Waals surface area contributed by atoms with Crippen molar-refractivity contribution >= 4 is 11.9 Å². The van der Waals surface area contributed by atoms with E-state index in [2.05, 4.69) is 5.32 Å². The van der Waals surface area contributed by atoms with Crippen LogP contribution in [0.5, 0.6) is 0 Å². The van der Waals surface area contributed by atoms with Crippen LogP contribution in [0.1, 0.15) is 30.5 Å². The SMILES string of the molecule is C[C@H]1C[C@H]1C(=O)OCC(=O)NC(c1ccccc1)c1ccccc1. The molecule has 1 aliphatic rings. The molecular formula is C20H21NO3. The van der Waals surface area contributed by atoms with E-state index in [0.29, 0.717) is 5.92 Å². The summed E-state index contributed by atoms with van der Waals surface area (Å²) >= 11 is 0. The minimum absolute atomic E-state index is 0.0307. The van der Waals surface area contributed by atoms with Gasteiger partial charge in [-0.1, -0.05) is 67.6 Å². The highest BCUT2D eigenvalue weighted by molar-refractivity contribution is 5.82. The number of benzene rings is 2. The summed E-state index contributed by atoms with van der Waals surface area (Å²) in [6.45, 7) is 1.77. The minimum atomic E-state index is -0.297. The number of amides is 1. The lowest BCUT2D eigenvalue weighted by atomic mass is 9.99. The molecule has 0 aromatic heterocycles. The summed E-state index contributed by atoms with van der Waals surface area (Å²) in [6.07, 6.45) is 0.858. The number of carbonyl (C=O) groups excluding carboxylic acids is 2. The van der Waals surface area contributed by atoms with Crippen LogP contribution in [0.25, 0.3) is 0 Å². The van der Waals surface area contributed by atoms with Crippen molar-refractivity contribution < 1.29 is 14.3 Å². The van der Waals surface area contributed by atoms with Crippen molar-refractivity contribution in [1.82, 2.24) is 5.32 Å². The van der Waals surface area contributed by atoms with E-state index in [9.17, 15) is 9.59 Å². The molecule has 4 nitrogen and oxygen atoms in total. The van der Waals surface area contributed by atoms with Gasteiger partial charge in [-0.2, -0.15) is 0 Å². The summed E-state index contributed by atoms with van der Waals surface area (Å²) in [7, 11) is 0. The Morgan fingerprint density at radius 2 is 1.54 bits per heavy atom. The second-order valence-corrected chi connectivity index (χ2v) is 6.25. The van der Waals surface area contributed by atoms with E-state index in [0.717, 1.165) is 17.5 Å². The van der Waals surface area contributed by atoms with E-state index in [1.165, 1.54) is 0 Å². The fourth-order valence-electron chi connectivity index (χ4n) is 2.75. The fraction of sp³-hybridized carbons (Fsp3) is 0.300. The third kappa shape index (κ3) is 4.02. The van der Waals surface area contributed by atoms with Gasteiger partial charge in [-0.3, -0.25) is 9.59 Å². The van der Waals surface area contributed by atoms with Crippen LogP contribution in [-0.2, 0) is 14.3 Å². The molecule has 1 amide bonds. The van der Waals surface area contributed by atoms with Gasteiger partial charge in [0, 0.05) is 0 Å². The van der Waals surface area contributed by atoms with Crippen LogP contribution in [0, 0.1) is 11.8 Å². The molecule has 1 fully saturated rings. The van der Waals surface area contributed by atoms with Crippen LogP contribution >= 0.6 is 0 Å². The normalized spacial score (nSPS) is 18.9. The van der Waals surface area contributed by atoms with Crippen molar-refractivity contribution in [2.24, 2.45) is 11.8 Å². The molecule has 3 rings (SSSR count). The van der Waals surface area contributed by atoms with Crippen LogP contribution in [0.4, 0.5) is 0 Å². The van der Waals surface area contributed by atoms with E-state index in [-0.39, 0.29) is 30.4 Å². The molecule has 1 N–H and O–H groups in total. The molecule has 1 aliphatic carbocycles. The Morgan fingerprint density at radius 3 is 2.00 bits per heavy atom. The maximum atomic E-state index is 12.2. The highest BCUT2D eigenvalue weighted by atomic mass is 16.5. The van der Waals surface area contributed by atoms with Gasteiger partial charge in [0.25, 0.3) is 5.91 Å². The van der Waals surface area contributed by atoms with Gasteiger partial charge in [-0.25, -0.2) is 0 Å². The van der Waals surface area contributed by atoms with Crippen molar-refractivity contribution in [3.63, 3.8) is 0 Å². The zero-order valence-electron chi connectivity index (χ0n) is 13.6. The van der Waals surface area contributed by atoms with Gasteiger partial charge in [0.2, 0.25) is 0 Å². The molecule has 0 unspecified atom stereocenters. The topological polar surface area (TPSA) is 55.4 Å². The van der Waals surface area contributed by atoms with Crippen molar-refractivity contribution in [2.75, 3.05) is 6.61 Å². The largest absolute Gasteiger partial charge is 0.455 e. The van der Waals surface area contributed by atoms with E-state index >= 15 is 0 Å². The highest BCUT2D eigenvalue weighted by Crippen LogP contribution is 2.38. The summed E-state index contributed by atoms with van der Waals surface area (Å²) in [4.78, 5) is 24.0. The average Bonchev–Trinajstić information content (AvgIpc) is 3.36. The lowest BCUT2D eigenvalue weighted by molar-refractivity contribution is -0.150. The molecule has 124 valence electrons. The smallest absolute Gasteiger partial charge is 0.309 e. The molecular weight excluding hydrogens is 302 g/mol. The third-order valence-corrected chi connectivity index (χ3v) is 4.33. The standard InChI is InChI=1S/C20H21NO3/c1-14-12-17(14)20(23)24-13-18(22)21-19(15-8-4-2-5-9-15)16-10-6-3-7-11-16/h2-11,14,17,19H,12-13H2,1H3,(H,21,22)/t14-,17+/m0/s1. The first-order valence-corrected chi connectivity index (χ1v) is 8.21. The Morgan fingerprint density at radius 1 is 1.04 bits per heavy atom. The fourth-order valence-corrected chi connectivity index (χ4v) is 2.75. The summed E-state index contributed by atoms with van der Waals surface area (Å²) < 4.78 is 5.12. The number of ether oxygens (including phenoxy) is 1. The summed E-state index contributed by atoms with van der Waals surface area (Å²) in [5.41, 5.74) is 1.97. The molecule has 2 atom stereocenters. The Kier molecular flexibility index (Phi) is 4.94. The van der Waals surface area contributed by atoms with Crippen LogP contribution in [0.2, 0.25) is 0 Å². The number of rotatable bonds is 6. The van der Waals surface area contributed by atoms with Gasteiger partial charge in [0.15, 0.2) is 6.61 Å². The number of hydrogen-bond acceptors (Lipinski definition) is 3. The molecule has 0 radical (unpaired) electrons. The van der Waals surface area contributed by atoms with Gasteiger partial charge in [-0.15, -0.1) is 0 Å². The second-order valence-electron chi connectivity index (χ2n) is 6.25. The van der Waals surface area contributed by atoms with Gasteiger partial charge < -0.3 is 10.1 Å². The first-order valence-electron chi connectivity index (χ1n) is 8.21. The Balaban J connectivity index is 1.65. The van der Waals surface area contributed by atoms with Crippen molar-refractivity contribution in [1.29, 1.82) is 0 Å². The monoisotopic (exact) mass is 323 g/mol. The first-order chi connectivity index (χ1) is 11.6. The molecule has 0 aliphatic heterocycles. The Bertz CT molecular complexity index is 660. The Hall–Kier alpha value is -2.62. The van der Waals surface area contributed by atoms with E-state index < -0.39 is 0 Å². The molecule has 0 heterocycles. The maximum absolute atomic E-state index is 12.2. The molecule has 0 bridgehead atoms. The molecule has 2 aromatic carbocycles. The quantitative estimate of drug-likeness (QED) is 0.831. The third-order valence-electron chi connectivity index (χ3n) is 4.33. The predicted molar refractivity (Wildman–Crippen MR) is 91.1 cm³/mol. The molecule has 0 spiro atoms. The van der Waals surface area contributed by atoms with Crippen LogP contribution in [-0.4, -0.2) is 18.5 Å². The number of nitrogens with one attached hydrogen (secondary N) is 1. The van der Waals surface area contributed by atoms with Gasteiger partial charge >= 0.3 is 5.97 Å². The number of esters is 1. The van der Waals surface area contributed by atoms with Crippen LogP contribution in [0.15, 0.2) is 60.7 Å². The van der Waals surface area contributed by atoms with Crippen LogP contribution in [0.3, 0.4) is 0 Å². The van der Waals surface area contributed by atoms with Crippen LogP contribution < -0.4 is 5.32 Å². The lowest BCUT2D eigenvalue weighted by Crippen LogP contribution is -2.33. The molecule has 2 aromatic rings. The highest BCUT2D eigenvalue weighted by Gasteiger charge is 2.40. The van der Waals surface area contributed by atoms with Gasteiger partial charge in [-0.05, 0) is 23.5 Å². The summed E-state index contributed by atoms with van der Waals surface area (Å²) in [5, 5.41) is 2.96. The Labute approximate surface area is 141 Å². The minimum Gasteiger partial charge on any atom is -0.455 e. The molecule has 1 saturated carbocycles. The van der Waals surface area contributed by atoms with Crippen molar-refractivity contribution in [3.8, 4) is 0 Å². The maximum Gasteiger partial charge on any atom is 0.309 e. The van der Waals surface area contributed by atoms with Gasteiger partial charge in [0.05, 0.1) is 12.0 Å². The number of carbonyl (C=O) groups is 2. The summed E-state index contributed by atoms with van der Waals surface area (Å²) in [5.74, 6) is -0.221.